The molecule has 0 fully saturated rings. The molecule has 0 aliphatic carbocycles. The first-order valence-electron chi connectivity index (χ1n) is 8.67. The number of carbonyl (C=O) groups excluding carboxylic acids is 1. The number of rotatable bonds is 11. The van der Waals surface area contributed by atoms with E-state index >= 15 is 0 Å². The third-order valence-corrected chi connectivity index (χ3v) is 4.50. The highest BCUT2D eigenvalue weighted by molar-refractivity contribution is 5.72. The summed E-state index contributed by atoms with van der Waals surface area (Å²) in [6.45, 7) is 12.5. The van der Waals surface area contributed by atoms with Gasteiger partial charge < -0.3 is 9.84 Å². The first-order valence-corrected chi connectivity index (χ1v) is 8.67. The molecule has 1 N–H and O–H groups in total. The van der Waals surface area contributed by atoms with Crippen molar-refractivity contribution in [2.75, 3.05) is 6.61 Å². The van der Waals surface area contributed by atoms with Crippen LogP contribution in [0, 0.1) is 17.3 Å². The molecule has 0 saturated carbocycles. The van der Waals surface area contributed by atoms with Crippen LogP contribution in [0.5, 0.6) is 0 Å². The summed E-state index contributed by atoms with van der Waals surface area (Å²) in [5, 5.41) is 9.87. The molecule has 126 valence electrons. The molecular weight excluding hydrogens is 264 g/mol. The number of esters is 1. The van der Waals surface area contributed by atoms with Crippen LogP contribution < -0.4 is 0 Å². The first-order chi connectivity index (χ1) is 9.86. The van der Waals surface area contributed by atoms with Crippen LogP contribution in [0.4, 0.5) is 0 Å². The molecule has 0 bridgehead atoms. The molecule has 0 aromatic rings. The van der Waals surface area contributed by atoms with E-state index in [0.29, 0.717) is 0 Å². The summed E-state index contributed by atoms with van der Waals surface area (Å²) < 4.78 is 5.89. The molecule has 0 aliphatic rings. The van der Waals surface area contributed by atoms with Crippen molar-refractivity contribution >= 4 is 5.97 Å². The van der Waals surface area contributed by atoms with Crippen LogP contribution in [0.15, 0.2) is 0 Å². The molecule has 0 amide bonds. The van der Waals surface area contributed by atoms with Gasteiger partial charge in [-0.25, -0.2) is 0 Å². The minimum atomic E-state index is -0.342. The van der Waals surface area contributed by atoms with E-state index in [2.05, 4.69) is 27.7 Å². The zero-order valence-electron chi connectivity index (χ0n) is 14.9. The fourth-order valence-electron chi connectivity index (χ4n) is 3.23. The maximum atomic E-state index is 12.3. The molecule has 21 heavy (non-hydrogen) atoms. The molecule has 4 unspecified atom stereocenters. The molecule has 3 heteroatoms. The smallest absolute Gasteiger partial charge is 0.308 e. The van der Waals surface area contributed by atoms with E-state index in [4.69, 9.17) is 4.74 Å². The van der Waals surface area contributed by atoms with Crippen LogP contribution in [0.3, 0.4) is 0 Å². The van der Waals surface area contributed by atoms with E-state index in [1.165, 1.54) is 0 Å². The van der Waals surface area contributed by atoms with E-state index in [9.17, 15) is 9.90 Å². The number of hydrogen-bond acceptors (Lipinski definition) is 3. The Bertz CT molecular complexity index is 290. The predicted molar refractivity (Wildman–Crippen MR) is 88.1 cm³/mol. The lowest BCUT2D eigenvalue weighted by molar-refractivity contribution is -0.168. The van der Waals surface area contributed by atoms with Gasteiger partial charge in [-0.05, 0) is 25.2 Å². The number of aliphatic hydroxyl groups excluding tert-OH is 1. The molecule has 0 aliphatic heterocycles. The van der Waals surface area contributed by atoms with Crippen LogP contribution >= 0.6 is 0 Å². The molecule has 0 aromatic heterocycles. The topological polar surface area (TPSA) is 46.5 Å². The first kappa shape index (κ1) is 20.4. The molecule has 4 atom stereocenters. The van der Waals surface area contributed by atoms with Crippen molar-refractivity contribution in [3.8, 4) is 0 Å². The largest absolute Gasteiger partial charge is 0.461 e. The van der Waals surface area contributed by atoms with Crippen molar-refractivity contribution in [3.05, 3.63) is 0 Å². The Morgan fingerprint density at radius 2 is 1.67 bits per heavy atom. The molecule has 0 rings (SSSR count). The SMILES string of the molecule is CCCC(C)C(=O)OC(C(C)CCC)C(C)(CO)CCC. The van der Waals surface area contributed by atoms with Crippen LogP contribution in [-0.2, 0) is 9.53 Å². The zero-order chi connectivity index (χ0) is 16.5. The Balaban J connectivity index is 5.09. The van der Waals surface area contributed by atoms with Crippen molar-refractivity contribution in [3.63, 3.8) is 0 Å². The van der Waals surface area contributed by atoms with Gasteiger partial charge in [0.25, 0.3) is 0 Å². The summed E-state index contributed by atoms with van der Waals surface area (Å²) >= 11 is 0. The molecule has 0 saturated heterocycles. The van der Waals surface area contributed by atoms with Gasteiger partial charge in [0, 0.05) is 5.41 Å². The van der Waals surface area contributed by atoms with Crippen molar-refractivity contribution in [2.45, 2.75) is 86.2 Å². The van der Waals surface area contributed by atoms with Crippen molar-refractivity contribution < 1.29 is 14.6 Å². The van der Waals surface area contributed by atoms with Crippen molar-refractivity contribution in [2.24, 2.45) is 17.3 Å². The van der Waals surface area contributed by atoms with Gasteiger partial charge in [-0.2, -0.15) is 0 Å². The van der Waals surface area contributed by atoms with Crippen LogP contribution in [0.25, 0.3) is 0 Å². The second-order valence-electron chi connectivity index (χ2n) is 6.88. The van der Waals surface area contributed by atoms with E-state index < -0.39 is 0 Å². The van der Waals surface area contributed by atoms with E-state index in [0.717, 1.165) is 38.5 Å². The van der Waals surface area contributed by atoms with Crippen LogP contribution in [0.2, 0.25) is 0 Å². The van der Waals surface area contributed by atoms with E-state index in [-0.39, 0.29) is 35.9 Å². The quantitative estimate of drug-likeness (QED) is 0.569. The van der Waals surface area contributed by atoms with Gasteiger partial charge in [-0.15, -0.1) is 0 Å². The van der Waals surface area contributed by atoms with E-state index in [1.54, 1.807) is 0 Å². The molecule has 3 nitrogen and oxygen atoms in total. The monoisotopic (exact) mass is 300 g/mol. The van der Waals surface area contributed by atoms with Crippen LogP contribution in [-0.4, -0.2) is 23.8 Å². The maximum Gasteiger partial charge on any atom is 0.308 e. The number of aliphatic hydroxyl groups is 1. The average Bonchev–Trinajstić information content (AvgIpc) is 2.44. The van der Waals surface area contributed by atoms with Gasteiger partial charge in [-0.3, -0.25) is 4.79 Å². The second-order valence-corrected chi connectivity index (χ2v) is 6.88. The summed E-state index contributed by atoms with van der Waals surface area (Å²) in [5.74, 6) is 0.105. The normalized spacial score (nSPS) is 18.6. The summed E-state index contributed by atoms with van der Waals surface area (Å²) in [6, 6.07) is 0. The molecular formula is C18H36O3. The average molecular weight is 300 g/mol. The Morgan fingerprint density at radius 3 is 2.10 bits per heavy atom. The predicted octanol–water partition coefficient (Wildman–Crippen LogP) is 4.57. The summed E-state index contributed by atoms with van der Waals surface area (Å²) in [6.07, 6.45) is 5.57. The highest BCUT2D eigenvalue weighted by Crippen LogP contribution is 2.36. The van der Waals surface area contributed by atoms with Gasteiger partial charge in [0.2, 0.25) is 0 Å². The number of hydrogen-bond donors (Lipinski definition) is 1. The van der Waals surface area contributed by atoms with Gasteiger partial charge in [0.15, 0.2) is 0 Å². The summed E-state index contributed by atoms with van der Waals surface area (Å²) in [5.41, 5.74) is -0.342. The molecule has 0 aromatic carbocycles. The lowest BCUT2D eigenvalue weighted by Crippen LogP contribution is -2.44. The molecule has 0 heterocycles. The third kappa shape index (κ3) is 6.37. The van der Waals surface area contributed by atoms with Crippen molar-refractivity contribution in [1.29, 1.82) is 0 Å². The Kier molecular flexibility index (Phi) is 9.93. The summed E-state index contributed by atoms with van der Waals surface area (Å²) in [7, 11) is 0. The number of carbonyl (C=O) groups is 1. The van der Waals surface area contributed by atoms with Gasteiger partial charge in [0.1, 0.15) is 6.10 Å². The Hall–Kier alpha value is -0.570. The highest BCUT2D eigenvalue weighted by atomic mass is 16.5. The lowest BCUT2D eigenvalue weighted by atomic mass is 9.74. The van der Waals surface area contributed by atoms with Gasteiger partial charge >= 0.3 is 5.97 Å². The zero-order valence-corrected chi connectivity index (χ0v) is 14.9. The summed E-state index contributed by atoms with van der Waals surface area (Å²) in [4.78, 5) is 12.3. The fourth-order valence-corrected chi connectivity index (χ4v) is 3.23. The van der Waals surface area contributed by atoms with Gasteiger partial charge in [0.05, 0.1) is 12.5 Å². The Labute approximate surface area is 131 Å². The minimum absolute atomic E-state index is 0.0594. The standard InChI is InChI=1S/C18H36O3/c1-7-10-14(4)16(18(6,13-19)12-9-3)21-17(20)15(5)11-8-2/h14-16,19H,7-13H2,1-6H3. The third-order valence-electron chi connectivity index (χ3n) is 4.50. The molecule has 0 radical (unpaired) electrons. The fraction of sp³-hybridized carbons (Fsp3) is 0.944. The van der Waals surface area contributed by atoms with E-state index in [1.807, 2.05) is 13.8 Å². The lowest BCUT2D eigenvalue weighted by Gasteiger charge is -2.39. The number of ether oxygens (including phenoxy) is 1. The maximum absolute atomic E-state index is 12.3. The highest BCUT2D eigenvalue weighted by Gasteiger charge is 2.39. The van der Waals surface area contributed by atoms with Crippen LogP contribution in [0.1, 0.15) is 80.1 Å². The minimum Gasteiger partial charge on any atom is -0.461 e. The van der Waals surface area contributed by atoms with Gasteiger partial charge in [-0.1, -0.05) is 60.8 Å². The Morgan fingerprint density at radius 1 is 1.10 bits per heavy atom. The second kappa shape index (κ2) is 10.2. The molecule has 0 spiro atoms. The van der Waals surface area contributed by atoms with Crippen molar-refractivity contribution in [1.82, 2.24) is 0 Å².